The van der Waals surface area contributed by atoms with Gasteiger partial charge in [-0.05, 0) is 29.8 Å². The second kappa shape index (κ2) is 6.99. The number of halogens is 1. The van der Waals surface area contributed by atoms with Crippen LogP contribution in [0.15, 0.2) is 36.4 Å². The Kier molecular flexibility index (Phi) is 4.99. The number of fused-ring (bicyclic) bond motifs is 1. The van der Waals surface area contributed by atoms with E-state index >= 15 is 0 Å². The van der Waals surface area contributed by atoms with Crippen molar-refractivity contribution in [2.75, 3.05) is 25.3 Å². The molecule has 0 saturated heterocycles. The SMILES string of the molecule is COc1cccc([C@H]2SCC(=S)Nc3ccc(Cl)cc32)c1OC. The fraction of sp³-hybridized carbons (Fsp3) is 0.235. The second-order valence-electron chi connectivity index (χ2n) is 5.05. The molecule has 0 amide bonds. The molecule has 0 aromatic heterocycles. The number of methoxy groups -OCH3 is 2. The summed E-state index contributed by atoms with van der Waals surface area (Å²) in [6.45, 7) is 0. The molecule has 2 aromatic carbocycles. The Morgan fingerprint density at radius 1 is 1.17 bits per heavy atom. The molecule has 0 spiro atoms. The summed E-state index contributed by atoms with van der Waals surface area (Å²) in [7, 11) is 3.30. The Morgan fingerprint density at radius 2 is 2.00 bits per heavy atom. The first-order valence-corrected chi connectivity index (χ1v) is 8.89. The maximum Gasteiger partial charge on any atom is 0.165 e. The lowest BCUT2D eigenvalue weighted by Gasteiger charge is -2.21. The summed E-state index contributed by atoms with van der Waals surface area (Å²) in [4.78, 5) is 0.808. The molecule has 1 atom stereocenters. The van der Waals surface area contributed by atoms with Crippen molar-refractivity contribution < 1.29 is 9.47 Å². The number of ether oxygens (including phenoxy) is 2. The van der Waals surface area contributed by atoms with E-state index in [2.05, 4.69) is 11.4 Å². The Balaban J connectivity index is 2.17. The van der Waals surface area contributed by atoms with Crippen LogP contribution in [0.1, 0.15) is 16.4 Å². The smallest absolute Gasteiger partial charge is 0.165 e. The molecule has 0 bridgehead atoms. The van der Waals surface area contributed by atoms with Crippen molar-refractivity contribution in [3.05, 3.63) is 52.5 Å². The van der Waals surface area contributed by atoms with E-state index in [1.165, 1.54) is 0 Å². The summed E-state index contributed by atoms with van der Waals surface area (Å²) >= 11 is 13.4. The average molecular weight is 366 g/mol. The fourth-order valence-electron chi connectivity index (χ4n) is 2.68. The quantitative estimate of drug-likeness (QED) is 0.779. The predicted octanol–water partition coefficient (Wildman–Crippen LogP) is 4.93. The number of anilines is 1. The number of thiocarbonyl (C=S) groups is 1. The second-order valence-corrected chi connectivity index (χ2v) is 7.08. The first-order valence-electron chi connectivity index (χ1n) is 7.06. The van der Waals surface area contributed by atoms with E-state index in [0.717, 1.165) is 33.3 Å². The van der Waals surface area contributed by atoms with Gasteiger partial charge < -0.3 is 14.8 Å². The number of benzene rings is 2. The number of para-hydroxylation sites is 1. The molecule has 0 aliphatic carbocycles. The highest BCUT2D eigenvalue weighted by Gasteiger charge is 2.26. The highest BCUT2D eigenvalue weighted by Crippen LogP contribution is 2.47. The minimum absolute atomic E-state index is 0.0571. The first-order chi connectivity index (χ1) is 11.1. The van der Waals surface area contributed by atoms with Gasteiger partial charge in [-0.2, -0.15) is 0 Å². The highest BCUT2D eigenvalue weighted by atomic mass is 35.5. The topological polar surface area (TPSA) is 30.5 Å². The van der Waals surface area contributed by atoms with Crippen LogP contribution in [0.4, 0.5) is 5.69 Å². The Hall–Kier alpha value is -1.43. The van der Waals surface area contributed by atoms with Crippen molar-refractivity contribution in [2.45, 2.75) is 5.25 Å². The van der Waals surface area contributed by atoms with E-state index in [-0.39, 0.29) is 5.25 Å². The molecule has 120 valence electrons. The molecule has 0 fully saturated rings. The predicted molar refractivity (Wildman–Crippen MR) is 102 cm³/mol. The molecular weight excluding hydrogens is 350 g/mol. The third-order valence-electron chi connectivity index (χ3n) is 3.67. The van der Waals surface area contributed by atoms with E-state index in [4.69, 9.17) is 33.3 Å². The molecule has 1 aliphatic heterocycles. The van der Waals surface area contributed by atoms with E-state index in [1.54, 1.807) is 26.0 Å². The molecule has 0 unspecified atom stereocenters. The van der Waals surface area contributed by atoms with Crippen molar-refractivity contribution in [1.82, 2.24) is 0 Å². The van der Waals surface area contributed by atoms with Crippen molar-refractivity contribution in [2.24, 2.45) is 0 Å². The van der Waals surface area contributed by atoms with Crippen molar-refractivity contribution >= 4 is 46.3 Å². The molecule has 1 aliphatic rings. The first kappa shape index (κ1) is 16.4. The molecule has 3 nitrogen and oxygen atoms in total. The molecule has 0 saturated carbocycles. The van der Waals surface area contributed by atoms with Gasteiger partial charge in [-0.25, -0.2) is 0 Å². The van der Waals surface area contributed by atoms with Crippen LogP contribution in [0.25, 0.3) is 0 Å². The molecule has 6 heteroatoms. The lowest BCUT2D eigenvalue weighted by Crippen LogP contribution is -2.09. The number of rotatable bonds is 3. The van der Waals surface area contributed by atoms with Gasteiger partial charge in [0.25, 0.3) is 0 Å². The van der Waals surface area contributed by atoms with E-state index in [0.29, 0.717) is 10.8 Å². The summed E-state index contributed by atoms with van der Waals surface area (Å²) in [5.41, 5.74) is 3.13. The zero-order valence-corrected chi connectivity index (χ0v) is 15.1. The average Bonchev–Trinajstić information content (AvgIpc) is 2.72. The van der Waals surface area contributed by atoms with Crippen molar-refractivity contribution in [1.29, 1.82) is 0 Å². The van der Waals surface area contributed by atoms with Gasteiger partial charge in [0, 0.05) is 22.0 Å². The Labute approximate surface area is 150 Å². The number of nitrogens with one attached hydrogen (secondary N) is 1. The third kappa shape index (κ3) is 3.27. The Morgan fingerprint density at radius 3 is 2.74 bits per heavy atom. The van der Waals surface area contributed by atoms with Gasteiger partial charge >= 0.3 is 0 Å². The summed E-state index contributed by atoms with van der Waals surface area (Å²) in [5.74, 6) is 2.19. The van der Waals surface area contributed by atoms with Gasteiger partial charge in [-0.3, -0.25) is 0 Å². The van der Waals surface area contributed by atoms with Crippen LogP contribution in [0.2, 0.25) is 5.02 Å². The lowest BCUT2D eigenvalue weighted by molar-refractivity contribution is 0.352. The Bertz CT molecular complexity index is 751. The zero-order chi connectivity index (χ0) is 16.4. The van der Waals surface area contributed by atoms with Gasteiger partial charge in [0.05, 0.1) is 24.5 Å². The lowest BCUT2D eigenvalue weighted by atomic mass is 10.0. The van der Waals surface area contributed by atoms with Gasteiger partial charge in [-0.15, -0.1) is 11.8 Å². The summed E-state index contributed by atoms with van der Waals surface area (Å²) < 4.78 is 11.0. The fourth-order valence-corrected chi connectivity index (χ4v) is 4.30. The van der Waals surface area contributed by atoms with Gasteiger partial charge in [0.15, 0.2) is 11.5 Å². The standard InChI is InChI=1S/C17H16ClNO2S2/c1-20-14-5-3-4-11(16(14)21-2)17-12-8-10(18)6-7-13(12)19-15(22)9-23-17/h3-8,17H,9H2,1-2H3,(H,19,22)/t17-/m1/s1. The summed E-state index contributed by atoms with van der Waals surface area (Å²) in [6.07, 6.45) is 0. The third-order valence-corrected chi connectivity index (χ3v) is 5.63. The largest absolute Gasteiger partial charge is 0.493 e. The van der Waals surface area contributed by atoms with Crippen LogP contribution >= 0.6 is 35.6 Å². The van der Waals surface area contributed by atoms with Gasteiger partial charge in [0.1, 0.15) is 0 Å². The molecule has 1 heterocycles. The monoisotopic (exact) mass is 365 g/mol. The molecular formula is C17H16ClNO2S2. The van der Waals surface area contributed by atoms with Crippen LogP contribution in [-0.4, -0.2) is 25.0 Å². The molecule has 2 aromatic rings. The zero-order valence-electron chi connectivity index (χ0n) is 12.8. The number of hydrogen-bond donors (Lipinski definition) is 1. The van der Waals surface area contributed by atoms with E-state index < -0.39 is 0 Å². The maximum absolute atomic E-state index is 6.23. The van der Waals surface area contributed by atoms with Crippen LogP contribution in [-0.2, 0) is 0 Å². The molecule has 0 radical (unpaired) electrons. The van der Waals surface area contributed by atoms with Crippen LogP contribution in [0.5, 0.6) is 11.5 Å². The minimum Gasteiger partial charge on any atom is -0.493 e. The normalized spacial score (nSPS) is 17.0. The maximum atomic E-state index is 6.23. The van der Waals surface area contributed by atoms with Crippen LogP contribution < -0.4 is 14.8 Å². The van der Waals surface area contributed by atoms with Crippen LogP contribution in [0.3, 0.4) is 0 Å². The molecule has 3 rings (SSSR count). The summed E-state index contributed by atoms with van der Waals surface area (Å²) in [5, 5.41) is 4.05. The molecule has 1 N–H and O–H groups in total. The minimum atomic E-state index is 0.0571. The van der Waals surface area contributed by atoms with E-state index in [9.17, 15) is 0 Å². The van der Waals surface area contributed by atoms with Gasteiger partial charge in [-0.1, -0.05) is 36.0 Å². The summed E-state index contributed by atoms with van der Waals surface area (Å²) in [6, 6.07) is 11.7. The number of thioether (sulfide) groups is 1. The highest BCUT2D eigenvalue weighted by molar-refractivity contribution is 8.01. The van der Waals surface area contributed by atoms with E-state index in [1.807, 2.05) is 30.3 Å². The number of hydrogen-bond acceptors (Lipinski definition) is 4. The van der Waals surface area contributed by atoms with Crippen LogP contribution in [0, 0.1) is 0 Å². The van der Waals surface area contributed by atoms with Crippen molar-refractivity contribution in [3.8, 4) is 11.5 Å². The molecule has 23 heavy (non-hydrogen) atoms. The van der Waals surface area contributed by atoms with Crippen molar-refractivity contribution in [3.63, 3.8) is 0 Å². The van der Waals surface area contributed by atoms with Gasteiger partial charge in [0.2, 0.25) is 0 Å².